The average Bonchev–Trinajstić information content (AvgIpc) is 2.66. The van der Waals surface area contributed by atoms with Gasteiger partial charge in [0, 0.05) is 6.54 Å². The minimum Gasteiger partial charge on any atom is -0.490 e. The van der Waals surface area contributed by atoms with Crippen molar-refractivity contribution in [3.8, 4) is 11.5 Å². The molecule has 0 saturated heterocycles. The SMILES string of the molecule is CCCCN(CCCC)CCCNCc1cc(Br)c(OCC)c(OCC)c1.Cl.Cl. The zero-order chi connectivity index (χ0) is 19.9. The Kier molecular flexibility index (Phi) is 21.1. The third-order valence-electron chi connectivity index (χ3n) is 4.47. The van der Waals surface area contributed by atoms with Crippen molar-refractivity contribution in [3.63, 3.8) is 0 Å². The molecule has 0 aliphatic rings. The number of benzene rings is 1. The lowest BCUT2D eigenvalue weighted by Crippen LogP contribution is -2.29. The third-order valence-corrected chi connectivity index (χ3v) is 5.06. The van der Waals surface area contributed by atoms with Crippen LogP contribution in [0, 0.1) is 0 Å². The van der Waals surface area contributed by atoms with Gasteiger partial charge in [0.2, 0.25) is 0 Å². The summed E-state index contributed by atoms with van der Waals surface area (Å²) in [6, 6.07) is 4.20. The van der Waals surface area contributed by atoms with Gasteiger partial charge in [-0.2, -0.15) is 0 Å². The maximum Gasteiger partial charge on any atom is 0.175 e. The summed E-state index contributed by atoms with van der Waals surface area (Å²) < 4.78 is 12.4. The number of nitrogens with one attached hydrogen (secondary N) is 1. The molecule has 1 rings (SSSR count). The quantitative estimate of drug-likeness (QED) is 0.256. The first kappa shape index (κ1) is 31.0. The van der Waals surface area contributed by atoms with Crippen molar-refractivity contribution >= 4 is 40.7 Å². The highest BCUT2D eigenvalue weighted by molar-refractivity contribution is 9.10. The Morgan fingerprint density at radius 2 is 1.45 bits per heavy atom. The molecule has 1 aromatic carbocycles. The molecular weight excluding hydrogens is 475 g/mol. The van der Waals surface area contributed by atoms with E-state index in [0.29, 0.717) is 13.2 Å². The number of rotatable bonds is 16. The Bertz CT molecular complexity index is 514. The fourth-order valence-electron chi connectivity index (χ4n) is 3.03. The van der Waals surface area contributed by atoms with Crippen LogP contribution in [-0.2, 0) is 6.54 Å². The molecule has 7 heteroatoms. The van der Waals surface area contributed by atoms with E-state index in [0.717, 1.165) is 29.1 Å². The number of unbranched alkanes of at least 4 members (excludes halogenated alkanes) is 2. The van der Waals surface area contributed by atoms with Gasteiger partial charge in [0.05, 0.1) is 17.7 Å². The summed E-state index contributed by atoms with van der Waals surface area (Å²) >= 11 is 3.62. The van der Waals surface area contributed by atoms with E-state index >= 15 is 0 Å². The topological polar surface area (TPSA) is 33.7 Å². The van der Waals surface area contributed by atoms with E-state index in [9.17, 15) is 0 Å². The number of nitrogens with zero attached hydrogens (tertiary/aromatic N) is 1. The van der Waals surface area contributed by atoms with Crippen LogP contribution in [0.15, 0.2) is 16.6 Å². The Labute approximate surface area is 199 Å². The van der Waals surface area contributed by atoms with Crippen molar-refractivity contribution in [2.75, 3.05) is 39.4 Å². The molecule has 1 N–H and O–H groups in total. The van der Waals surface area contributed by atoms with Crippen molar-refractivity contribution in [1.29, 1.82) is 0 Å². The van der Waals surface area contributed by atoms with E-state index in [-0.39, 0.29) is 24.8 Å². The highest BCUT2D eigenvalue weighted by Gasteiger charge is 2.12. The van der Waals surface area contributed by atoms with Crippen molar-refractivity contribution in [1.82, 2.24) is 10.2 Å². The summed E-state index contributed by atoms with van der Waals surface area (Å²) in [7, 11) is 0. The summed E-state index contributed by atoms with van der Waals surface area (Å²) in [5, 5.41) is 3.57. The number of ether oxygens (including phenoxy) is 2. The summed E-state index contributed by atoms with van der Waals surface area (Å²) in [5.41, 5.74) is 1.21. The van der Waals surface area contributed by atoms with Gasteiger partial charge < -0.3 is 19.7 Å². The normalized spacial score (nSPS) is 10.4. The van der Waals surface area contributed by atoms with E-state index in [1.165, 1.54) is 57.3 Å². The molecule has 0 unspecified atom stereocenters. The second kappa shape index (κ2) is 19.7. The fourth-order valence-corrected chi connectivity index (χ4v) is 3.63. The lowest BCUT2D eigenvalue weighted by Gasteiger charge is -2.22. The Morgan fingerprint density at radius 3 is 2.00 bits per heavy atom. The van der Waals surface area contributed by atoms with Crippen molar-refractivity contribution in [2.45, 2.75) is 66.3 Å². The number of hydrogen-bond acceptors (Lipinski definition) is 4. The molecule has 172 valence electrons. The zero-order valence-electron chi connectivity index (χ0n) is 18.6. The summed E-state index contributed by atoms with van der Waals surface area (Å²) in [4.78, 5) is 2.62. The van der Waals surface area contributed by atoms with Crippen LogP contribution in [0.2, 0.25) is 0 Å². The van der Waals surface area contributed by atoms with Crippen LogP contribution in [0.3, 0.4) is 0 Å². The van der Waals surface area contributed by atoms with Crippen LogP contribution in [0.5, 0.6) is 11.5 Å². The molecule has 0 atom stereocenters. The van der Waals surface area contributed by atoms with E-state index in [4.69, 9.17) is 9.47 Å². The number of halogens is 3. The minimum absolute atomic E-state index is 0. The van der Waals surface area contributed by atoms with Gasteiger partial charge in [0.25, 0.3) is 0 Å². The van der Waals surface area contributed by atoms with Crippen LogP contribution in [0.4, 0.5) is 0 Å². The lowest BCUT2D eigenvalue weighted by molar-refractivity contribution is 0.261. The molecule has 0 aromatic heterocycles. The van der Waals surface area contributed by atoms with E-state index in [1.807, 2.05) is 13.8 Å². The first-order chi connectivity index (χ1) is 13.2. The van der Waals surface area contributed by atoms with Gasteiger partial charge >= 0.3 is 0 Å². The molecule has 0 amide bonds. The maximum absolute atomic E-state index is 5.76. The Hall–Kier alpha value is -0.200. The van der Waals surface area contributed by atoms with Crippen molar-refractivity contribution < 1.29 is 9.47 Å². The molecule has 0 fully saturated rings. The van der Waals surface area contributed by atoms with Gasteiger partial charge in [-0.1, -0.05) is 26.7 Å². The smallest absolute Gasteiger partial charge is 0.175 e. The average molecular weight is 516 g/mol. The van der Waals surface area contributed by atoms with Crippen LogP contribution >= 0.6 is 40.7 Å². The van der Waals surface area contributed by atoms with Crippen molar-refractivity contribution in [3.05, 3.63) is 22.2 Å². The van der Waals surface area contributed by atoms with Gasteiger partial charge in [-0.05, 0) is 92.9 Å². The Morgan fingerprint density at radius 1 is 0.862 bits per heavy atom. The van der Waals surface area contributed by atoms with Crippen molar-refractivity contribution in [2.24, 2.45) is 0 Å². The summed E-state index contributed by atoms with van der Waals surface area (Å²) in [6.45, 7) is 15.3. The minimum atomic E-state index is 0. The number of hydrogen-bond donors (Lipinski definition) is 1. The first-order valence-electron chi connectivity index (χ1n) is 10.7. The molecule has 0 spiro atoms. The highest BCUT2D eigenvalue weighted by Crippen LogP contribution is 2.36. The van der Waals surface area contributed by atoms with Gasteiger partial charge in [-0.25, -0.2) is 0 Å². The summed E-state index contributed by atoms with van der Waals surface area (Å²) in [6.07, 6.45) is 6.34. The van der Waals surface area contributed by atoms with Gasteiger partial charge in [-0.3, -0.25) is 0 Å². The predicted octanol–water partition coefficient (Wildman–Crippen LogP) is 6.47. The van der Waals surface area contributed by atoms with Crippen LogP contribution in [0.25, 0.3) is 0 Å². The molecule has 1 aromatic rings. The Balaban J connectivity index is 0. The predicted molar refractivity (Wildman–Crippen MR) is 134 cm³/mol. The molecule has 29 heavy (non-hydrogen) atoms. The van der Waals surface area contributed by atoms with Crippen LogP contribution in [-0.4, -0.2) is 44.3 Å². The maximum atomic E-state index is 5.76. The fraction of sp³-hybridized carbons (Fsp3) is 0.727. The lowest BCUT2D eigenvalue weighted by atomic mass is 10.2. The van der Waals surface area contributed by atoms with Gasteiger partial charge in [0.1, 0.15) is 0 Å². The second-order valence-corrected chi connectivity index (χ2v) is 7.70. The largest absolute Gasteiger partial charge is 0.490 e. The highest BCUT2D eigenvalue weighted by atomic mass is 79.9. The molecule has 0 aliphatic heterocycles. The van der Waals surface area contributed by atoms with Gasteiger partial charge in [-0.15, -0.1) is 24.8 Å². The van der Waals surface area contributed by atoms with E-state index in [2.05, 4.69) is 52.1 Å². The second-order valence-electron chi connectivity index (χ2n) is 6.85. The zero-order valence-corrected chi connectivity index (χ0v) is 21.8. The standard InChI is InChI=1S/C22H39BrN2O2.2ClH/c1-5-9-13-25(14-10-6-2)15-11-12-24-18-19-16-20(23)22(27-8-4)21(17-19)26-7-3;;/h16-17,24H,5-15,18H2,1-4H3;2*1H. The molecule has 0 saturated carbocycles. The first-order valence-corrected chi connectivity index (χ1v) is 11.5. The van der Waals surface area contributed by atoms with Crippen LogP contribution < -0.4 is 14.8 Å². The monoisotopic (exact) mass is 514 g/mol. The molecule has 0 aliphatic carbocycles. The summed E-state index contributed by atoms with van der Waals surface area (Å²) in [5.74, 6) is 1.61. The van der Waals surface area contributed by atoms with E-state index < -0.39 is 0 Å². The van der Waals surface area contributed by atoms with E-state index in [1.54, 1.807) is 0 Å². The van der Waals surface area contributed by atoms with Crippen LogP contribution in [0.1, 0.15) is 65.4 Å². The third kappa shape index (κ3) is 13.0. The van der Waals surface area contributed by atoms with Gasteiger partial charge in [0.15, 0.2) is 11.5 Å². The molecule has 4 nitrogen and oxygen atoms in total. The molecule has 0 radical (unpaired) electrons. The molecular formula is C22H41BrCl2N2O2. The molecule has 0 heterocycles. The molecule has 0 bridgehead atoms.